The summed E-state index contributed by atoms with van der Waals surface area (Å²) < 4.78 is 4.65. The van der Waals surface area contributed by atoms with Crippen molar-refractivity contribution in [2.75, 3.05) is 5.32 Å². The molecule has 0 unspecified atom stereocenters. The van der Waals surface area contributed by atoms with E-state index in [9.17, 15) is 9.59 Å². The van der Waals surface area contributed by atoms with Gasteiger partial charge in [-0.3, -0.25) is 4.79 Å². The summed E-state index contributed by atoms with van der Waals surface area (Å²) in [5.41, 5.74) is 2.71. The Labute approximate surface area is 104 Å². The highest BCUT2D eigenvalue weighted by Crippen LogP contribution is 2.14. The number of carbonyl (C=O) groups is 1. The van der Waals surface area contributed by atoms with E-state index >= 15 is 0 Å². The van der Waals surface area contributed by atoms with Gasteiger partial charge < -0.3 is 9.73 Å². The smallest absolute Gasteiger partial charge is 0.335 e. The molecule has 2 rings (SSSR count). The minimum Gasteiger partial charge on any atom is -0.430 e. The lowest BCUT2D eigenvalue weighted by Gasteiger charge is -2.07. The minimum absolute atomic E-state index is 0.302. The molecular formula is C14H13NO3. The van der Waals surface area contributed by atoms with Gasteiger partial charge in [0.1, 0.15) is 6.26 Å². The van der Waals surface area contributed by atoms with Gasteiger partial charge in [0.2, 0.25) is 0 Å². The van der Waals surface area contributed by atoms with Crippen LogP contribution in [-0.4, -0.2) is 5.91 Å². The molecule has 1 aromatic carbocycles. The van der Waals surface area contributed by atoms with Crippen LogP contribution in [0.25, 0.3) is 0 Å². The zero-order valence-corrected chi connectivity index (χ0v) is 10.2. The Kier molecular flexibility index (Phi) is 3.28. The van der Waals surface area contributed by atoms with E-state index in [0.717, 1.165) is 23.1 Å². The van der Waals surface area contributed by atoms with E-state index in [1.54, 1.807) is 0 Å². The molecule has 0 aliphatic carbocycles. The Balaban J connectivity index is 2.21. The molecule has 92 valence electrons. The lowest BCUT2D eigenvalue weighted by atomic mass is 10.1. The number of hydrogen-bond donors (Lipinski definition) is 1. The first-order valence-electron chi connectivity index (χ1n) is 5.53. The molecule has 0 fully saturated rings. The zero-order chi connectivity index (χ0) is 13.1. The molecule has 2 aromatic rings. The maximum Gasteiger partial charge on any atom is 0.335 e. The van der Waals surface area contributed by atoms with Crippen LogP contribution in [0.1, 0.15) is 21.5 Å². The summed E-state index contributed by atoms with van der Waals surface area (Å²) in [7, 11) is 0. The van der Waals surface area contributed by atoms with Gasteiger partial charge in [-0.15, -0.1) is 0 Å². The van der Waals surface area contributed by atoms with Crippen LogP contribution in [0, 0.1) is 13.8 Å². The van der Waals surface area contributed by atoms with Crippen LogP contribution in [0.15, 0.2) is 45.8 Å². The van der Waals surface area contributed by atoms with Gasteiger partial charge in [0.25, 0.3) is 5.91 Å². The summed E-state index contributed by atoms with van der Waals surface area (Å²) in [5.74, 6) is -0.302. The lowest BCUT2D eigenvalue weighted by Crippen LogP contribution is -2.13. The van der Waals surface area contributed by atoms with E-state index in [1.165, 1.54) is 12.1 Å². The van der Waals surface area contributed by atoms with E-state index in [4.69, 9.17) is 0 Å². The van der Waals surface area contributed by atoms with Crippen molar-refractivity contribution in [1.29, 1.82) is 0 Å². The Bertz CT molecular complexity index is 603. The molecule has 4 heteroatoms. The van der Waals surface area contributed by atoms with Gasteiger partial charge in [-0.25, -0.2) is 4.79 Å². The second-order valence-electron chi connectivity index (χ2n) is 4.17. The van der Waals surface area contributed by atoms with Crippen molar-refractivity contribution in [3.8, 4) is 0 Å². The lowest BCUT2D eigenvalue weighted by molar-refractivity contribution is 0.102. The number of nitrogens with one attached hydrogen (secondary N) is 1. The average molecular weight is 243 g/mol. The molecule has 0 atom stereocenters. The Morgan fingerprint density at radius 3 is 2.33 bits per heavy atom. The Morgan fingerprint density at radius 2 is 1.78 bits per heavy atom. The summed E-state index contributed by atoms with van der Waals surface area (Å²) >= 11 is 0. The van der Waals surface area contributed by atoms with Crippen molar-refractivity contribution in [3.63, 3.8) is 0 Å². The fraction of sp³-hybridized carbons (Fsp3) is 0.143. The van der Waals surface area contributed by atoms with Crippen molar-refractivity contribution in [2.45, 2.75) is 13.8 Å². The third kappa shape index (κ3) is 2.85. The van der Waals surface area contributed by atoms with Gasteiger partial charge >= 0.3 is 5.63 Å². The van der Waals surface area contributed by atoms with Crippen LogP contribution < -0.4 is 10.9 Å². The molecule has 18 heavy (non-hydrogen) atoms. The van der Waals surface area contributed by atoms with Gasteiger partial charge in [-0.05, 0) is 43.2 Å². The summed E-state index contributed by atoms with van der Waals surface area (Å²) in [4.78, 5) is 22.7. The molecule has 1 aromatic heterocycles. The van der Waals surface area contributed by atoms with Crippen LogP contribution in [0.2, 0.25) is 0 Å². The normalized spacial score (nSPS) is 10.1. The summed E-state index contributed by atoms with van der Waals surface area (Å²) in [6, 6.07) is 8.44. The maximum absolute atomic E-state index is 11.9. The highest BCUT2D eigenvalue weighted by atomic mass is 16.4. The largest absolute Gasteiger partial charge is 0.430 e. The molecule has 1 amide bonds. The van der Waals surface area contributed by atoms with Crippen molar-refractivity contribution >= 4 is 11.6 Å². The average Bonchev–Trinajstić information content (AvgIpc) is 2.28. The number of anilines is 1. The summed E-state index contributed by atoms with van der Waals surface area (Å²) in [6.07, 6.45) is 1.15. The monoisotopic (exact) mass is 243 g/mol. The predicted molar refractivity (Wildman–Crippen MR) is 68.8 cm³/mol. The molecule has 0 radical (unpaired) electrons. The third-order valence-corrected chi connectivity index (χ3v) is 2.44. The SMILES string of the molecule is Cc1cc(C)cc(NC(=O)c2ccc(=O)oc2)c1. The number of rotatable bonds is 2. The van der Waals surface area contributed by atoms with E-state index in [0.29, 0.717) is 5.56 Å². The molecule has 0 saturated carbocycles. The van der Waals surface area contributed by atoms with Crippen molar-refractivity contribution in [3.05, 3.63) is 63.7 Å². The minimum atomic E-state index is -0.474. The second-order valence-corrected chi connectivity index (χ2v) is 4.17. The molecule has 0 bridgehead atoms. The summed E-state index contributed by atoms with van der Waals surface area (Å²) in [5, 5.41) is 2.76. The number of amides is 1. The van der Waals surface area contributed by atoms with E-state index in [-0.39, 0.29) is 5.91 Å². The standard InChI is InChI=1S/C14H13NO3/c1-9-5-10(2)7-12(6-9)15-14(17)11-3-4-13(16)18-8-11/h3-8H,1-2H3,(H,15,17). The van der Waals surface area contributed by atoms with Gasteiger partial charge in [0.15, 0.2) is 0 Å². The third-order valence-electron chi connectivity index (χ3n) is 2.44. The highest BCUT2D eigenvalue weighted by Gasteiger charge is 2.07. The molecule has 1 heterocycles. The predicted octanol–water partition coefficient (Wildman–Crippen LogP) is 2.51. The van der Waals surface area contributed by atoms with E-state index in [1.807, 2.05) is 32.0 Å². The number of hydrogen-bond acceptors (Lipinski definition) is 3. The number of aryl methyl sites for hydroxylation is 2. The molecule has 0 aliphatic heterocycles. The number of carbonyl (C=O) groups excluding carboxylic acids is 1. The van der Waals surface area contributed by atoms with Crippen molar-refractivity contribution in [1.82, 2.24) is 0 Å². The molecular weight excluding hydrogens is 230 g/mol. The molecule has 0 spiro atoms. The van der Waals surface area contributed by atoms with E-state index < -0.39 is 5.63 Å². The fourth-order valence-electron chi connectivity index (χ4n) is 1.74. The Morgan fingerprint density at radius 1 is 1.11 bits per heavy atom. The fourth-order valence-corrected chi connectivity index (χ4v) is 1.74. The van der Waals surface area contributed by atoms with Gasteiger partial charge in [0.05, 0.1) is 5.56 Å². The van der Waals surface area contributed by atoms with Gasteiger partial charge in [-0.1, -0.05) is 6.07 Å². The van der Waals surface area contributed by atoms with Gasteiger partial charge in [-0.2, -0.15) is 0 Å². The molecule has 0 aliphatic rings. The van der Waals surface area contributed by atoms with Gasteiger partial charge in [0, 0.05) is 11.8 Å². The zero-order valence-electron chi connectivity index (χ0n) is 10.2. The Hall–Kier alpha value is -2.36. The highest BCUT2D eigenvalue weighted by molar-refractivity contribution is 6.03. The molecule has 1 N–H and O–H groups in total. The van der Waals surface area contributed by atoms with Crippen LogP contribution in [-0.2, 0) is 0 Å². The van der Waals surface area contributed by atoms with Crippen LogP contribution in [0.4, 0.5) is 5.69 Å². The molecule has 0 saturated heterocycles. The van der Waals surface area contributed by atoms with Crippen molar-refractivity contribution < 1.29 is 9.21 Å². The maximum atomic E-state index is 11.9. The second kappa shape index (κ2) is 4.87. The topological polar surface area (TPSA) is 59.3 Å². The van der Waals surface area contributed by atoms with Crippen molar-refractivity contribution in [2.24, 2.45) is 0 Å². The quantitative estimate of drug-likeness (QED) is 0.881. The first-order chi connectivity index (χ1) is 8.54. The first kappa shape index (κ1) is 12.1. The first-order valence-corrected chi connectivity index (χ1v) is 5.53. The molecule has 4 nitrogen and oxygen atoms in total. The van der Waals surface area contributed by atoms with Crippen LogP contribution >= 0.6 is 0 Å². The number of benzene rings is 1. The van der Waals surface area contributed by atoms with Crippen LogP contribution in [0.3, 0.4) is 0 Å². The van der Waals surface area contributed by atoms with E-state index in [2.05, 4.69) is 9.73 Å². The summed E-state index contributed by atoms with van der Waals surface area (Å²) in [6.45, 7) is 3.93. The van der Waals surface area contributed by atoms with Crippen LogP contribution in [0.5, 0.6) is 0 Å².